The second kappa shape index (κ2) is 4.10. The molecule has 3 nitrogen and oxygen atoms in total. The Morgan fingerprint density at radius 1 is 1.29 bits per heavy atom. The van der Waals surface area contributed by atoms with Crippen LogP contribution in [0.25, 0.3) is 0 Å². The highest BCUT2D eigenvalue weighted by Gasteiger charge is 2.41. The van der Waals surface area contributed by atoms with Crippen molar-refractivity contribution in [2.24, 2.45) is 5.92 Å². The van der Waals surface area contributed by atoms with Gasteiger partial charge in [-0.2, -0.15) is 0 Å². The fourth-order valence-corrected chi connectivity index (χ4v) is 4.44. The summed E-state index contributed by atoms with van der Waals surface area (Å²) in [5, 5.41) is 0.875. The van der Waals surface area contributed by atoms with Crippen molar-refractivity contribution in [1.29, 1.82) is 0 Å². The lowest BCUT2D eigenvalue weighted by Crippen LogP contribution is -2.41. The Morgan fingerprint density at radius 3 is 2.57 bits per heavy atom. The van der Waals surface area contributed by atoms with Gasteiger partial charge < -0.3 is 0 Å². The molecule has 0 radical (unpaired) electrons. The van der Waals surface area contributed by atoms with Crippen LogP contribution >= 0.6 is 15.9 Å². The molecule has 82 valence electrons. The fraction of sp³-hybridized carbons (Fsp3) is 1.00. The monoisotopic (exact) mass is 281 g/mol. The second-order valence-electron chi connectivity index (χ2n) is 4.26. The van der Waals surface area contributed by atoms with Gasteiger partial charge in [0.1, 0.15) is 0 Å². The van der Waals surface area contributed by atoms with Crippen molar-refractivity contribution in [2.45, 2.75) is 30.9 Å². The van der Waals surface area contributed by atoms with E-state index >= 15 is 0 Å². The molecule has 0 aromatic rings. The normalized spacial score (nSPS) is 30.5. The minimum absolute atomic E-state index is 0.0448. The van der Waals surface area contributed by atoms with Gasteiger partial charge in [0, 0.05) is 18.4 Å². The molecule has 0 aromatic heterocycles. The molecule has 0 bridgehead atoms. The molecule has 1 unspecified atom stereocenters. The first-order valence-electron chi connectivity index (χ1n) is 5.19. The Balaban J connectivity index is 2.03. The van der Waals surface area contributed by atoms with Gasteiger partial charge in [0.15, 0.2) is 0 Å². The topological polar surface area (TPSA) is 37.4 Å². The van der Waals surface area contributed by atoms with Crippen LogP contribution in [-0.4, -0.2) is 36.4 Å². The SMILES string of the molecule is O=S(=O)(C1CC1)N1CCCC(CBr)C1. The van der Waals surface area contributed by atoms with Crippen LogP contribution in [0.15, 0.2) is 0 Å². The zero-order valence-corrected chi connectivity index (χ0v) is 10.6. The van der Waals surface area contributed by atoms with E-state index in [9.17, 15) is 8.42 Å². The standard InChI is InChI=1S/C9H16BrNO2S/c10-6-8-2-1-5-11(7-8)14(12,13)9-3-4-9/h8-9H,1-7H2. The number of halogens is 1. The Kier molecular flexibility index (Phi) is 3.19. The second-order valence-corrected chi connectivity index (χ2v) is 7.13. The van der Waals surface area contributed by atoms with Crippen LogP contribution in [0.1, 0.15) is 25.7 Å². The molecule has 1 aliphatic carbocycles. The van der Waals surface area contributed by atoms with E-state index in [2.05, 4.69) is 15.9 Å². The van der Waals surface area contributed by atoms with Crippen LogP contribution in [0.3, 0.4) is 0 Å². The number of piperidine rings is 1. The number of sulfonamides is 1. The molecule has 2 fully saturated rings. The summed E-state index contributed by atoms with van der Waals surface area (Å²) >= 11 is 3.44. The Hall–Kier alpha value is 0.390. The van der Waals surface area contributed by atoms with Gasteiger partial charge in [-0.25, -0.2) is 12.7 Å². The van der Waals surface area contributed by atoms with E-state index in [-0.39, 0.29) is 5.25 Å². The molecule has 14 heavy (non-hydrogen) atoms. The van der Waals surface area contributed by atoms with Crippen LogP contribution in [0, 0.1) is 5.92 Å². The molecule has 1 atom stereocenters. The van der Waals surface area contributed by atoms with Crippen LogP contribution in [0.4, 0.5) is 0 Å². The van der Waals surface area contributed by atoms with Crippen molar-refractivity contribution < 1.29 is 8.42 Å². The summed E-state index contributed by atoms with van der Waals surface area (Å²) in [7, 11) is -2.92. The smallest absolute Gasteiger partial charge is 0.212 e. The molecule has 1 aliphatic heterocycles. The van der Waals surface area contributed by atoms with Crippen molar-refractivity contribution in [3.05, 3.63) is 0 Å². The fourth-order valence-electron chi connectivity index (χ4n) is 1.96. The van der Waals surface area contributed by atoms with Crippen molar-refractivity contribution in [3.63, 3.8) is 0 Å². The molecular weight excluding hydrogens is 266 g/mol. The first-order valence-corrected chi connectivity index (χ1v) is 7.82. The highest BCUT2D eigenvalue weighted by atomic mass is 79.9. The molecule has 0 amide bonds. The third-order valence-corrected chi connectivity index (χ3v) is 6.29. The van der Waals surface area contributed by atoms with Crippen LogP contribution in [0.2, 0.25) is 0 Å². The summed E-state index contributed by atoms with van der Waals surface area (Å²) in [6.45, 7) is 1.46. The summed E-state index contributed by atoms with van der Waals surface area (Å²) in [6.07, 6.45) is 3.92. The molecule has 2 aliphatic rings. The van der Waals surface area contributed by atoms with Gasteiger partial charge in [-0.05, 0) is 31.6 Å². The maximum absolute atomic E-state index is 11.9. The lowest BCUT2D eigenvalue weighted by Gasteiger charge is -2.31. The van der Waals surface area contributed by atoms with Gasteiger partial charge in [-0.15, -0.1) is 0 Å². The number of rotatable bonds is 3. The highest BCUT2D eigenvalue weighted by Crippen LogP contribution is 2.33. The number of hydrogen-bond donors (Lipinski definition) is 0. The predicted molar refractivity (Wildman–Crippen MR) is 60.0 cm³/mol. The number of alkyl halides is 1. The lowest BCUT2D eigenvalue weighted by atomic mass is 10.0. The average Bonchev–Trinajstić information content (AvgIpc) is 3.01. The molecule has 1 heterocycles. The van der Waals surface area contributed by atoms with Crippen LogP contribution in [-0.2, 0) is 10.0 Å². The van der Waals surface area contributed by atoms with Gasteiger partial charge in [0.2, 0.25) is 10.0 Å². The third-order valence-electron chi connectivity index (χ3n) is 3.01. The quantitative estimate of drug-likeness (QED) is 0.737. The lowest BCUT2D eigenvalue weighted by molar-refractivity contribution is 0.285. The number of nitrogens with zero attached hydrogens (tertiary/aromatic N) is 1. The van der Waals surface area contributed by atoms with E-state index in [4.69, 9.17) is 0 Å². The summed E-state index contributed by atoms with van der Waals surface area (Å²) in [5.41, 5.74) is 0. The molecule has 2 rings (SSSR count). The maximum atomic E-state index is 11.9. The molecule has 5 heteroatoms. The van der Waals surface area contributed by atoms with Gasteiger partial charge in [-0.1, -0.05) is 15.9 Å². The van der Waals surface area contributed by atoms with Gasteiger partial charge in [0.25, 0.3) is 0 Å². The van der Waals surface area contributed by atoms with E-state index < -0.39 is 10.0 Å². The third kappa shape index (κ3) is 2.14. The van der Waals surface area contributed by atoms with Crippen molar-refractivity contribution in [1.82, 2.24) is 4.31 Å². The van der Waals surface area contributed by atoms with Gasteiger partial charge in [-0.3, -0.25) is 0 Å². The van der Waals surface area contributed by atoms with Crippen LogP contribution < -0.4 is 0 Å². The van der Waals surface area contributed by atoms with Crippen molar-refractivity contribution >= 4 is 26.0 Å². The molecule has 0 aromatic carbocycles. The summed E-state index contributed by atoms with van der Waals surface area (Å²) in [4.78, 5) is 0. The van der Waals surface area contributed by atoms with Crippen LogP contribution in [0.5, 0.6) is 0 Å². The van der Waals surface area contributed by atoms with E-state index in [0.29, 0.717) is 5.92 Å². The first kappa shape index (κ1) is 10.9. The van der Waals surface area contributed by atoms with Gasteiger partial charge in [0.05, 0.1) is 5.25 Å². The molecule has 0 N–H and O–H groups in total. The average molecular weight is 282 g/mol. The maximum Gasteiger partial charge on any atom is 0.216 e. The highest BCUT2D eigenvalue weighted by molar-refractivity contribution is 9.09. The molecule has 0 spiro atoms. The first-order chi connectivity index (χ1) is 6.64. The Bertz CT molecular complexity index is 300. The van der Waals surface area contributed by atoms with E-state index in [1.165, 1.54) is 0 Å². The van der Waals surface area contributed by atoms with E-state index in [1.807, 2.05) is 0 Å². The zero-order valence-electron chi connectivity index (χ0n) is 8.15. The summed E-state index contributed by atoms with van der Waals surface area (Å²) in [6, 6.07) is 0. The zero-order chi connectivity index (χ0) is 10.2. The van der Waals surface area contributed by atoms with Crippen molar-refractivity contribution in [3.8, 4) is 0 Å². The minimum Gasteiger partial charge on any atom is -0.212 e. The Morgan fingerprint density at radius 2 is 2.00 bits per heavy atom. The van der Waals surface area contributed by atoms with E-state index in [0.717, 1.165) is 44.1 Å². The molecular formula is C9H16BrNO2S. The summed E-state index contributed by atoms with van der Waals surface area (Å²) in [5.74, 6) is 0.511. The molecule has 1 saturated heterocycles. The molecule has 1 saturated carbocycles. The van der Waals surface area contributed by atoms with Crippen molar-refractivity contribution in [2.75, 3.05) is 18.4 Å². The minimum atomic E-state index is -2.92. The Labute approximate surface area is 94.0 Å². The predicted octanol–water partition coefficient (Wildman–Crippen LogP) is 1.59. The number of hydrogen-bond acceptors (Lipinski definition) is 2. The summed E-state index contributed by atoms with van der Waals surface area (Å²) < 4.78 is 25.5. The van der Waals surface area contributed by atoms with Gasteiger partial charge >= 0.3 is 0 Å². The van der Waals surface area contributed by atoms with E-state index in [1.54, 1.807) is 4.31 Å². The largest absolute Gasteiger partial charge is 0.216 e.